The molecule has 0 amide bonds. The van der Waals surface area contributed by atoms with Crippen molar-refractivity contribution in [2.45, 2.75) is 45.4 Å². The first-order valence-electron chi connectivity index (χ1n) is 4.82. The van der Waals surface area contributed by atoms with Gasteiger partial charge in [0.15, 0.2) is 0 Å². The van der Waals surface area contributed by atoms with Crippen LogP contribution in [0.1, 0.15) is 45.4 Å². The van der Waals surface area contributed by atoms with Crippen LogP contribution in [0.3, 0.4) is 0 Å². The SMILES string of the molecule is CCCCCCCCP(O)(O)(O)O. The Kier molecular flexibility index (Phi) is 5.33. The molecule has 0 aliphatic heterocycles. The van der Waals surface area contributed by atoms with Crippen molar-refractivity contribution in [2.75, 3.05) is 6.16 Å². The molecule has 0 bridgehead atoms. The van der Waals surface area contributed by atoms with Gasteiger partial charge >= 0.3 is 78.7 Å². The molecule has 4 nitrogen and oxygen atoms in total. The molecule has 13 heavy (non-hydrogen) atoms. The van der Waals surface area contributed by atoms with Crippen LogP contribution in [-0.4, -0.2) is 25.7 Å². The van der Waals surface area contributed by atoms with Gasteiger partial charge < -0.3 is 0 Å². The van der Waals surface area contributed by atoms with E-state index in [0.29, 0.717) is 6.42 Å². The maximum absolute atomic E-state index is 8.68. The normalized spacial score (nSPS) is 15.3. The summed E-state index contributed by atoms with van der Waals surface area (Å²) >= 11 is 0. The second-order valence-electron chi connectivity index (χ2n) is 3.59. The van der Waals surface area contributed by atoms with Gasteiger partial charge in [-0.3, -0.25) is 0 Å². The van der Waals surface area contributed by atoms with E-state index in [-0.39, 0.29) is 6.16 Å². The fraction of sp³-hybridized carbons (Fsp3) is 1.00. The molecule has 5 heteroatoms. The van der Waals surface area contributed by atoms with Gasteiger partial charge in [-0.2, -0.15) is 0 Å². The summed E-state index contributed by atoms with van der Waals surface area (Å²) in [4.78, 5) is 34.7. The Hall–Kier alpha value is 0.270. The summed E-state index contributed by atoms with van der Waals surface area (Å²) in [5, 5.41) is 0. The summed E-state index contributed by atoms with van der Waals surface area (Å²) in [5.41, 5.74) is 0. The van der Waals surface area contributed by atoms with Gasteiger partial charge in [-0.25, -0.2) is 0 Å². The molecule has 0 saturated heterocycles. The van der Waals surface area contributed by atoms with Gasteiger partial charge in [-0.1, -0.05) is 0 Å². The fourth-order valence-corrected chi connectivity index (χ4v) is 1.96. The summed E-state index contributed by atoms with van der Waals surface area (Å²) in [6.07, 6.45) is 5.47. The van der Waals surface area contributed by atoms with E-state index in [1.165, 1.54) is 12.8 Å². The van der Waals surface area contributed by atoms with Gasteiger partial charge in [0.05, 0.1) is 0 Å². The average molecular weight is 212 g/mol. The molecule has 0 aliphatic rings. The minimum absolute atomic E-state index is 0.294. The number of hydrogen-bond donors (Lipinski definition) is 4. The van der Waals surface area contributed by atoms with E-state index in [1.807, 2.05) is 0 Å². The Balaban J connectivity index is 3.27. The number of rotatable bonds is 7. The van der Waals surface area contributed by atoms with Crippen LogP contribution in [0.25, 0.3) is 0 Å². The van der Waals surface area contributed by atoms with Crippen LogP contribution in [-0.2, 0) is 0 Å². The summed E-state index contributed by atoms with van der Waals surface area (Å²) in [6.45, 7) is 2.12. The Bertz CT molecular complexity index is 132. The van der Waals surface area contributed by atoms with Crippen LogP contribution >= 0.6 is 7.51 Å². The number of unbranched alkanes of at least 4 members (excludes halogenated alkanes) is 5. The van der Waals surface area contributed by atoms with Crippen molar-refractivity contribution in [1.29, 1.82) is 0 Å². The van der Waals surface area contributed by atoms with Crippen molar-refractivity contribution in [2.24, 2.45) is 0 Å². The molecule has 0 aromatic carbocycles. The van der Waals surface area contributed by atoms with Crippen molar-refractivity contribution >= 4 is 7.51 Å². The molecule has 4 N–H and O–H groups in total. The molecule has 0 spiro atoms. The Labute approximate surface area is 79.5 Å². The van der Waals surface area contributed by atoms with Gasteiger partial charge in [0.1, 0.15) is 0 Å². The third-order valence-electron chi connectivity index (χ3n) is 1.91. The van der Waals surface area contributed by atoms with Crippen LogP contribution in [0.5, 0.6) is 0 Å². The van der Waals surface area contributed by atoms with Crippen molar-refractivity contribution in [3.05, 3.63) is 0 Å². The molecule has 0 unspecified atom stereocenters. The molecule has 0 heterocycles. The monoisotopic (exact) mass is 212 g/mol. The van der Waals surface area contributed by atoms with Crippen LogP contribution in [0.15, 0.2) is 0 Å². The third-order valence-corrected chi connectivity index (χ3v) is 3.03. The van der Waals surface area contributed by atoms with E-state index < -0.39 is 7.51 Å². The predicted octanol–water partition coefficient (Wildman–Crippen LogP) is 1.53. The molecular weight excluding hydrogens is 191 g/mol. The topological polar surface area (TPSA) is 80.9 Å². The first-order chi connectivity index (χ1) is 5.81. The summed E-state index contributed by atoms with van der Waals surface area (Å²) in [6, 6.07) is 0. The van der Waals surface area contributed by atoms with E-state index >= 15 is 0 Å². The first kappa shape index (κ1) is 13.3. The van der Waals surface area contributed by atoms with Crippen LogP contribution in [0.2, 0.25) is 0 Å². The zero-order chi connectivity index (χ0) is 10.4. The fourth-order valence-electron chi connectivity index (χ4n) is 1.17. The van der Waals surface area contributed by atoms with Crippen molar-refractivity contribution in [3.63, 3.8) is 0 Å². The molecule has 0 aliphatic carbocycles. The Morgan fingerprint density at radius 2 is 1.23 bits per heavy atom. The van der Waals surface area contributed by atoms with Crippen molar-refractivity contribution in [1.82, 2.24) is 0 Å². The molecule has 0 aromatic rings. The van der Waals surface area contributed by atoms with Crippen LogP contribution in [0, 0.1) is 0 Å². The van der Waals surface area contributed by atoms with E-state index in [9.17, 15) is 0 Å². The van der Waals surface area contributed by atoms with Crippen LogP contribution in [0.4, 0.5) is 0 Å². The van der Waals surface area contributed by atoms with Crippen LogP contribution < -0.4 is 0 Å². The zero-order valence-corrected chi connectivity index (χ0v) is 9.08. The number of hydrogen-bond acceptors (Lipinski definition) is 4. The van der Waals surface area contributed by atoms with Gasteiger partial charge in [0, 0.05) is 0 Å². The van der Waals surface area contributed by atoms with Crippen molar-refractivity contribution < 1.29 is 19.6 Å². The van der Waals surface area contributed by atoms with Gasteiger partial charge in [-0.05, 0) is 0 Å². The summed E-state index contributed by atoms with van der Waals surface area (Å²) < 4.78 is 0. The third kappa shape index (κ3) is 12.3. The average Bonchev–Trinajstić information content (AvgIpc) is 1.93. The van der Waals surface area contributed by atoms with Gasteiger partial charge in [0.25, 0.3) is 0 Å². The van der Waals surface area contributed by atoms with Crippen molar-refractivity contribution in [3.8, 4) is 0 Å². The molecule has 0 fully saturated rings. The molecule has 0 radical (unpaired) electrons. The Morgan fingerprint density at radius 3 is 1.69 bits per heavy atom. The summed E-state index contributed by atoms with van der Waals surface area (Å²) in [7, 11) is -5.18. The molecule has 0 saturated carbocycles. The summed E-state index contributed by atoms with van der Waals surface area (Å²) in [5.74, 6) is 0. The second kappa shape index (κ2) is 5.23. The van der Waals surface area contributed by atoms with E-state index in [4.69, 9.17) is 19.6 Å². The van der Waals surface area contributed by atoms with E-state index in [1.54, 1.807) is 0 Å². The zero-order valence-electron chi connectivity index (χ0n) is 8.19. The van der Waals surface area contributed by atoms with E-state index in [2.05, 4.69) is 6.92 Å². The quantitative estimate of drug-likeness (QED) is 0.381. The Morgan fingerprint density at radius 1 is 0.769 bits per heavy atom. The molecule has 82 valence electrons. The van der Waals surface area contributed by atoms with E-state index in [0.717, 1.165) is 19.3 Å². The predicted molar refractivity (Wildman–Crippen MR) is 54.0 cm³/mol. The second-order valence-corrected chi connectivity index (χ2v) is 6.25. The standard InChI is InChI=1S/C8H21O4P/c1-2-3-4-5-6-7-8-13(9,10,11)12/h9-12H,2-8H2,1H3. The molecule has 0 rings (SSSR count). The van der Waals surface area contributed by atoms with Gasteiger partial charge in [0.2, 0.25) is 0 Å². The maximum atomic E-state index is 8.68. The molecule has 0 atom stereocenters. The minimum atomic E-state index is -5.18. The molecule has 0 aromatic heterocycles. The molecular formula is C8H21O4P. The van der Waals surface area contributed by atoms with Gasteiger partial charge in [-0.15, -0.1) is 0 Å². The first-order valence-corrected chi connectivity index (χ1v) is 7.06.